The molecule has 0 aromatic heterocycles. The monoisotopic (exact) mass is 823 g/mol. The van der Waals surface area contributed by atoms with Gasteiger partial charge in [-0.3, -0.25) is 0 Å². The van der Waals surface area contributed by atoms with Crippen molar-refractivity contribution in [3.05, 3.63) is 156 Å². The number of aliphatic hydroxyl groups excluding tert-OH is 2. The van der Waals surface area contributed by atoms with Gasteiger partial charge in [0, 0.05) is 36.0 Å². The molecule has 1 aliphatic heterocycles. The Bertz CT molecular complexity index is 2320. The highest BCUT2D eigenvalue weighted by Gasteiger charge is 2.64. The molecular weight excluding hydrogens is 767 g/mol. The number of fused-ring (bicyclic) bond motifs is 3. The van der Waals surface area contributed by atoms with Gasteiger partial charge in [-0.05, 0) is 127 Å². The van der Waals surface area contributed by atoms with Crippen LogP contribution in [-0.4, -0.2) is 46.8 Å². The van der Waals surface area contributed by atoms with E-state index in [4.69, 9.17) is 24.2 Å². The second-order valence-corrected chi connectivity index (χ2v) is 17.8. The molecule has 0 spiro atoms. The lowest BCUT2D eigenvalue weighted by molar-refractivity contribution is -0.223. The molecule has 8 rings (SSSR count). The van der Waals surface area contributed by atoms with Crippen molar-refractivity contribution in [1.82, 2.24) is 0 Å². The fraction of sp³-hybridized carbons (Fsp3) is 0.365. The normalized spacial score (nSPS) is 23.6. The van der Waals surface area contributed by atoms with Crippen molar-refractivity contribution in [1.29, 1.82) is 0 Å². The van der Waals surface area contributed by atoms with Crippen molar-refractivity contribution < 1.29 is 29.3 Å². The Labute approximate surface area is 359 Å². The van der Waals surface area contributed by atoms with E-state index in [1.54, 1.807) is 11.8 Å². The van der Waals surface area contributed by atoms with Gasteiger partial charge in [-0.2, -0.15) is 0 Å². The second-order valence-electron chi connectivity index (χ2n) is 16.5. The molecule has 5 aromatic carbocycles. The Kier molecular flexibility index (Phi) is 13.4. The number of aliphatic hydroxyl groups is 2. The minimum Gasteiger partial charge on any atom is -0.460 e. The predicted octanol–water partition coefficient (Wildman–Crippen LogP) is 11.9. The first-order valence-electron chi connectivity index (χ1n) is 21.6. The van der Waals surface area contributed by atoms with Crippen LogP contribution in [0.4, 0.5) is 0 Å². The summed E-state index contributed by atoms with van der Waals surface area (Å²) in [5, 5.41) is 27.1. The average molecular weight is 824 g/mol. The van der Waals surface area contributed by atoms with Gasteiger partial charge in [0.2, 0.25) is 5.79 Å². The van der Waals surface area contributed by atoms with Crippen LogP contribution in [-0.2, 0) is 16.2 Å². The van der Waals surface area contributed by atoms with Crippen LogP contribution in [0.15, 0.2) is 144 Å². The molecule has 60 heavy (non-hydrogen) atoms. The zero-order chi connectivity index (χ0) is 41.5. The summed E-state index contributed by atoms with van der Waals surface area (Å²) >= 11 is 1.78. The van der Waals surface area contributed by atoms with Gasteiger partial charge in [-0.25, -0.2) is 0 Å². The number of allylic oxidation sites excluding steroid dienone is 1. The van der Waals surface area contributed by atoms with Gasteiger partial charge in [0.05, 0.1) is 23.5 Å². The molecule has 0 radical (unpaired) electrons. The third-order valence-electron chi connectivity index (χ3n) is 12.6. The summed E-state index contributed by atoms with van der Waals surface area (Å²) in [5.41, 5.74) is 6.55. The molecule has 6 atom stereocenters. The molecular formula is C52H57NO6S. The summed E-state index contributed by atoms with van der Waals surface area (Å²) in [6, 6.07) is 37.7. The molecule has 0 bridgehead atoms. The van der Waals surface area contributed by atoms with Gasteiger partial charge in [0.1, 0.15) is 23.9 Å². The van der Waals surface area contributed by atoms with E-state index >= 15 is 0 Å². The Balaban J connectivity index is 1.30. The second kappa shape index (κ2) is 19.2. The maximum absolute atomic E-state index is 10.0. The van der Waals surface area contributed by atoms with Gasteiger partial charge < -0.3 is 29.3 Å². The topological polar surface area (TPSA) is 89.7 Å². The van der Waals surface area contributed by atoms with Gasteiger partial charge in [-0.15, -0.1) is 18.3 Å². The summed E-state index contributed by atoms with van der Waals surface area (Å²) in [6.45, 7) is 9.28. The Hall–Kier alpha value is -4.86. The number of hydrogen-bond acceptors (Lipinski definition) is 8. The number of ether oxygens (including phenoxy) is 3. The van der Waals surface area contributed by atoms with E-state index in [1.807, 2.05) is 36.4 Å². The molecule has 2 aliphatic carbocycles. The molecule has 0 saturated heterocycles. The van der Waals surface area contributed by atoms with Crippen LogP contribution in [0.2, 0.25) is 0 Å². The molecule has 6 unspecified atom stereocenters. The van der Waals surface area contributed by atoms with Crippen LogP contribution in [0.1, 0.15) is 73.1 Å². The summed E-state index contributed by atoms with van der Waals surface area (Å²) in [7, 11) is 0. The number of oxime groups is 1. The number of unbranched alkanes of at least 4 members (excludes halogenated alkanes) is 2. The van der Waals surface area contributed by atoms with Crippen LogP contribution in [0, 0.1) is 31.6 Å². The molecule has 1 fully saturated rings. The summed E-state index contributed by atoms with van der Waals surface area (Å²) in [4.78, 5) is 7.40. The van der Waals surface area contributed by atoms with Gasteiger partial charge in [0.15, 0.2) is 0 Å². The highest BCUT2D eigenvalue weighted by atomic mass is 32.2. The molecule has 8 heteroatoms. The van der Waals surface area contributed by atoms with E-state index in [1.165, 1.54) is 21.9 Å². The SMILES string of the molecule is C=CCOC12Oc3ccc(Oc4ccc(C)c(C)c4)cc3C3C(CCCCO)C(CCCCO)C=C(C(=NOCc4ccccc4)CC1Sc1ccc4ccccc4c1)C32. The smallest absolute Gasteiger partial charge is 0.231 e. The third kappa shape index (κ3) is 8.94. The number of nitrogens with zero attached hydrogens (tertiary/aromatic N) is 1. The number of rotatable bonds is 18. The van der Waals surface area contributed by atoms with E-state index in [0.717, 1.165) is 83.1 Å². The Morgan fingerprint density at radius 2 is 1.57 bits per heavy atom. The van der Waals surface area contributed by atoms with Crippen molar-refractivity contribution in [3.63, 3.8) is 0 Å². The lowest BCUT2D eigenvalue weighted by Crippen LogP contribution is -2.64. The molecule has 5 aromatic rings. The largest absolute Gasteiger partial charge is 0.460 e. The van der Waals surface area contributed by atoms with E-state index in [-0.39, 0.29) is 42.1 Å². The highest BCUT2D eigenvalue weighted by Crippen LogP contribution is 2.63. The summed E-state index contributed by atoms with van der Waals surface area (Å²) < 4.78 is 21.2. The Morgan fingerprint density at radius 3 is 2.35 bits per heavy atom. The molecule has 3 aliphatic rings. The molecule has 312 valence electrons. The van der Waals surface area contributed by atoms with Crippen molar-refractivity contribution >= 4 is 28.2 Å². The van der Waals surface area contributed by atoms with Crippen LogP contribution in [0.5, 0.6) is 17.2 Å². The number of thioether (sulfide) groups is 1. The minimum absolute atomic E-state index is 0.0426. The first-order valence-corrected chi connectivity index (χ1v) is 22.4. The first-order chi connectivity index (χ1) is 29.4. The number of hydrogen-bond donors (Lipinski definition) is 2. The van der Waals surface area contributed by atoms with E-state index in [2.05, 4.69) is 105 Å². The maximum atomic E-state index is 10.0. The van der Waals surface area contributed by atoms with Crippen molar-refractivity contribution in [2.45, 2.75) is 87.3 Å². The third-order valence-corrected chi connectivity index (χ3v) is 13.9. The lowest BCUT2D eigenvalue weighted by atomic mass is 9.56. The maximum Gasteiger partial charge on any atom is 0.231 e. The minimum atomic E-state index is -1.09. The molecule has 7 nitrogen and oxygen atoms in total. The number of aryl methyl sites for hydroxylation is 2. The van der Waals surface area contributed by atoms with Crippen molar-refractivity contribution in [2.75, 3.05) is 19.8 Å². The summed E-state index contributed by atoms with van der Waals surface area (Å²) in [6.07, 6.45) is 9.89. The fourth-order valence-corrected chi connectivity index (χ4v) is 10.9. The molecule has 2 N–H and O–H groups in total. The molecule has 1 heterocycles. The van der Waals surface area contributed by atoms with Crippen molar-refractivity contribution in [2.24, 2.45) is 22.9 Å². The predicted molar refractivity (Wildman–Crippen MR) is 242 cm³/mol. The van der Waals surface area contributed by atoms with Crippen LogP contribution in [0.25, 0.3) is 10.8 Å². The van der Waals surface area contributed by atoms with Crippen LogP contribution < -0.4 is 9.47 Å². The average Bonchev–Trinajstić information content (AvgIpc) is 3.26. The van der Waals surface area contributed by atoms with Gasteiger partial charge >= 0.3 is 0 Å². The quantitative estimate of drug-likeness (QED) is 0.0517. The molecule has 0 amide bonds. The van der Waals surface area contributed by atoms with Gasteiger partial charge in [-0.1, -0.05) is 96.9 Å². The Morgan fingerprint density at radius 1 is 0.817 bits per heavy atom. The van der Waals surface area contributed by atoms with Gasteiger partial charge in [0.25, 0.3) is 0 Å². The van der Waals surface area contributed by atoms with E-state index < -0.39 is 5.79 Å². The zero-order valence-corrected chi connectivity index (χ0v) is 35.6. The number of benzene rings is 5. The molecule has 1 saturated carbocycles. The highest BCUT2D eigenvalue weighted by molar-refractivity contribution is 8.00. The standard InChI is InChI=1S/C52H57NO6S/c1-4-28-56-52-49(60-43-24-21-38-16-8-9-17-39(38)30-43)33-47(53-57-34-37-14-6-5-7-15-37)45-31-40(18-10-12-26-54)44(19-11-13-27-55)50(51(45)52)46-32-42(23-25-48(46)59-52)58-41-22-20-35(2)36(3)29-41/h4-9,14-17,20-25,29-32,40,44,49-51,54-55H,1,10-13,18-19,26-28,33-34H2,2-3H3. The van der Waals surface area contributed by atoms with E-state index in [0.29, 0.717) is 19.6 Å². The first kappa shape index (κ1) is 41.9. The fourth-order valence-electron chi connectivity index (χ4n) is 9.57. The van der Waals surface area contributed by atoms with Crippen molar-refractivity contribution in [3.8, 4) is 17.2 Å². The van der Waals surface area contributed by atoms with Crippen LogP contribution >= 0.6 is 11.8 Å². The summed E-state index contributed by atoms with van der Waals surface area (Å²) in [5.74, 6) is 1.32. The van der Waals surface area contributed by atoms with Crippen LogP contribution in [0.3, 0.4) is 0 Å². The van der Waals surface area contributed by atoms with E-state index in [9.17, 15) is 10.2 Å². The lowest BCUT2D eigenvalue weighted by Gasteiger charge is -2.58. The zero-order valence-electron chi connectivity index (χ0n) is 34.8.